The van der Waals surface area contributed by atoms with E-state index in [9.17, 15) is 4.79 Å². The number of hydrogen-bond donors (Lipinski definition) is 0. The lowest BCUT2D eigenvalue weighted by atomic mass is 10.2. The van der Waals surface area contributed by atoms with Gasteiger partial charge < -0.3 is 4.90 Å². The molecule has 0 aromatic rings. The van der Waals surface area contributed by atoms with E-state index in [1.807, 2.05) is 11.8 Å². The van der Waals surface area contributed by atoms with Crippen LogP contribution in [0, 0.1) is 11.8 Å². The van der Waals surface area contributed by atoms with Crippen LogP contribution in [0.15, 0.2) is 0 Å². The Labute approximate surface area is 105 Å². The Morgan fingerprint density at radius 1 is 1.18 bits per heavy atom. The largest absolute Gasteiger partial charge is 0.340 e. The summed E-state index contributed by atoms with van der Waals surface area (Å²) < 4.78 is 0. The second-order valence-electron chi connectivity index (χ2n) is 4.72. The molecule has 0 N–H and O–H groups in total. The normalized spacial score (nSPS) is 16.8. The van der Waals surface area contributed by atoms with E-state index in [4.69, 9.17) is 0 Å². The molecule has 1 aliphatic rings. The number of amides is 1. The first kappa shape index (κ1) is 14.1. The van der Waals surface area contributed by atoms with E-state index in [2.05, 4.69) is 30.6 Å². The number of carbonyl (C=O) groups excluding carboxylic acids is 1. The molecule has 1 rings (SSSR count). The fourth-order valence-corrected chi connectivity index (χ4v) is 2.03. The van der Waals surface area contributed by atoms with Crippen LogP contribution in [-0.4, -0.2) is 47.9 Å². The van der Waals surface area contributed by atoms with Gasteiger partial charge in [-0.3, -0.25) is 9.69 Å². The van der Waals surface area contributed by atoms with Gasteiger partial charge in [-0.1, -0.05) is 6.92 Å². The molecular weight excluding hydrogens is 212 g/mol. The van der Waals surface area contributed by atoms with Gasteiger partial charge in [0, 0.05) is 51.5 Å². The summed E-state index contributed by atoms with van der Waals surface area (Å²) in [5.74, 6) is 6.29. The highest BCUT2D eigenvalue weighted by atomic mass is 16.2. The van der Waals surface area contributed by atoms with Gasteiger partial charge in [-0.15, -0.1) is 11.8 Å². The summed E-state index contributed by atoms with van der Waals surface area (Å²) in [6, 6.07) is 0.586. The smallest absolute Gasteiger partial charge is 0.223 e. The van der Waals surface area contributed by atoms with Gasteiger partial charge in [0.2, 0.25) is 5.91 Å². The van der Waals surface area contributed by atoms with E-state index in [-0.39, 0.29) is 5.91 Å². The fraction of sp³-hybridized carbons (Fsp3) is 0.786. The second-order valence-corrected chi connectivity index (χ2v) is 4.72. The van der Waals surface area contributed by atoms with Gasteiger partial charge in [0.1, 0.15) is 0 Å². The maximum Gasteiger partial charge on any atom is 0.223 e. The average molecular weight is 236 g/mol. The molecule has 0 bridgehead atoms. The summed E-state index contributed by atoms with van der Waals surface area (Å²) in [6.07, 6.45) is 2.16. The van der Waals surface area contributed by atoms with Crippen molar-refractivity contribution in [1.82, 2.24) is 9.80 Å². The minimum absolute atomic E-state index is 0.263. The Hall–Kier alpha value is -1.01. The SMILES string of the molecule is CCC#CCCC(=O)N1CCN(C(C)C)CC1. The van der Waals surface area contributed by atoms with Crippen molar-refractivity contribution in [3.05, 3.63) is 0 Å². The summed E-state index contributed by atoms with van der Waals surface area (Å²) >= 11 is 0. The van der Waals surface area contributed by atoms with Gasteiger partial charge in [0.15, 0.2) is 0 Å². The van der Waals surface area contributed by atoms with E-state index in [0.717, 1.165) is 32.6 Å². The van der Waals surface area contributed by atoms with Gasteiger partial charge in [0.25, 0.3) is 0 Å². The quantitative estimate of drug-likeness (QED) is 0.697. The first-order valence-corrected chi connectivity index (χ1v) is 6.62. The molecule has 0 aromatic heterocycles. The molecule has 1 heterocycles. The topological polar surface area (TPSA) is 23.6 Å². The summed E-state index contributed by atoms with van der Waals surface area (Å²) in [5, 5.41) is 0. The molecule has 0 aliphatic carbocycles. The van der Waals surface area contributed by atoms with Crippen molar-refractivity contribution >= 4 is 5.91 Å². The van der Waals surface area contributed by atoms with Crippen LogP contribution in [0.4, 0.5) is 0 Å². The molecule has 3 heteroatoms. The van der Waals surface area contributed by atoms with Crippen LogP contribution in [0.2, 0.25) is 0 Å². The van der Waals surface area contributed by atoms with Crippen LogP contribution in [0.5, 0.6) is 0 Å². The predicted octanol–water partition coefficient (Wildman–Crippen LogP) is 1.73. The third-order valence-corrected chi connectivity index (χ3v) is 3.16. The summed E-state index contributed by atoms with van der Waals surface area (Å²) in [7, 11) is 0. The predicted molar refractivity (Wildman–Crippen MR) is 70.6 cm³/mol. The van der Waals surface area contributed by atoms with E-state index in [0.29, 0.717) is 18.9 Å². The standard InChI is InChI=1S/C14H24N2O/c1-4-5-6-7-8-14(17)16-11-9-15(10-12-16)13(2)3/h13H,4,7-12H2,1-3H3. The van der Waals surface area contributed by atoms with Crippen molar-refractivity contribution in [2.24, 2.45) is 0 Å². The maximum absolute atomic E-state index is 11.9. The Bertz CT molecular complexity index is 293. The molecule has 1 saturated heterocycles. The van der Waals surface area contributed by atoms with Crippen LogP contribution in [0.1, 0.15) is 40.0 Å². The summed E-state index contributed by atoms with van der Waals surface area (Å²) in [5.41, 5.74) is 0. The second kappa shape index (κ2) is 7.34. The number of rotatable bonds is 3. The number of piperazine rings is 1. The molecule has 0 atom stereocenters. The van der Waals surface area contributed by atoms with Crippen molar-refractivity contribution in [1.29, 1.82) is 0 Å². The van der Waals surface area contributed by atoms with Gasteiger partial charge in [-0.25, -0.2) is 0 Å². The number of hydrogen-bond acceptors (Lipinski definition) is 2. The monoisotopic (exact) mass is 236 g/mol. The first-order chi connectivity index (χ1) is 8.15. The third-order valence-electron chi connectivity index (χ3n) is 3.16. The highest BCUT2D eigenvalue weighted by Gasteiger charge is 2.21. The van der Waals surface area contributed by atoms with Crippen molar-refractivity contribution in [2.75, 3.05) is 26.2 Å². The summed E-state index contributed by atoms with van der Waals surface area (Å²) in [4.78, 5) is 16.3. The molecule has 0 radical (unpaired) electrons. The van der Waals surface area contributed by atoms with Crippen molar-refractivity contribution in [2.45, 2.75) is 46.1 Å². The van der Waals surface area contributed by atoms with Crippen molar-refractivity contribution in [3.8, 4) is 11.8 Å². The van der Waals surface area contributed by atoms with E-state index in [1.165, 1.54) is 0 Å². The van der Waals surface area contributed by atoms with Gasteiger partial charge in [0.05, 0.1) is 0 Å². The van der Waals surface area contributed by atoms with Crippen molar-refractivity contribution in [3.63, 3.8) is 0 Å². The molecule has 0 aromatic carbocycles. The maximum atomic E-state index is 11.9. The Balaban J connectivity index is 2.26. The molecule has 3 nitrogen and oxygen atoms in total. The number of nitrogens with zero attached hydrogens (tertiary/aromatic N) is 2. The minimum atomic E-state index is 0.263. The summed E-state index contributed by atoms with van der Waals surface area (Å²) in [6.45, 7) is 10.2. The van der Waals surface area contributed by atoms with Crippen LogP contribution < -0.4 is 0 Å². The zero-order chi connectivity index (χ0) is 12.7. The van der Waals surface area contributed by atoms with Crippen LogP contribution in [-0.2, 0) is 4.79 Å². The molecular formula is C14H24N2O. The molecule has 17 heavy (non-hydrogen) atoms. The van der Waals surface area contributed by atoms with E-state index in [1.54, 1.807) is 0 Å². The average Bonchev–Trinajstić information content (AvgIpc) is 2.34. The highest BCUT2D eigenvalue weighted by molar-refractivity contribution is 5.76. The lowest BCUT2D eigenvalue weighted by Crippen LogP contribution is -2.50. The van der Waals surface area contributed by atoms with E-state index < -0.39 is 0 Å². The first-order valence-electron chi connectivity index (χ1n) is 6.62. The lowest BCUT2D eigenvalue weighted by Gasteiger charge is -2.36. The zero-order valence-corrected chi connectivity index (χ0v) is 11.3. The van der Waals surface area contributed by atoms with Crippen molar-refractivity contribution < 1.29 is 4.79 Å². The van der Waals surface area contributed by atoms with Gasteiger partial charge in [-0.05, 0) is 13.8 Å². The van der Waals surface area contributed by atoms with Crippen LogP contribution >= 0.6 is 0 Å². The Morgan fingerprint density at radius 3 is 2.35 bits per heavy atom. The zero-order valence-electron chi connectivity index (χ0n) is 11.3. The molecule has 1 amide bonds. The highest BCUT2D eigenvalue weighted by Crippen LogP contribution is 2.07. The van der Waals surface area contributed by atoms with Crippen LogP contribution in [0.25, 0.3) is 0 Å². The molecule has 0 unspecified atom stereocenters. The third kappa shape index (κ3) is 4.79. The number of carbonyl (C=O) groups is 1. The molecule has 96 valence electrons. The van der Waals surface area contributed by atoms with Gasteiger partial charge in [-0.2, -0.15) is 0 Å². The Morgan fingerprint density at radius 2 is 1.82 bits per heavy atom. The molecule has 0 saturated carbocycles. The minimum Gasteiger partial charge on any atom is -0.340 e. The Kier molecular flexibility index (Phi) is 6.07. The van der Waals surface area contributed by atoms with Gasteiger partial charge >= 0.3 is 0 Å². The van der Waals surface area contributed by atoms with Crippen LogP contribution in [0.3, 0.4) is 0 Å². The lowest BCUT2D eigenvalue weighted by molar-refractivity contribution is -0.133. The molecule has 1 aliphatic heterocycles. The fourth-order valence-electron chi connectivity index (χ4n) is 2.03. The van der Waals surface area contributed by atoms with E-state index >= 15 is 0 Å². The molecule has 1 fully saturated rings. The molecule has 0 spiro atoms.